The second kappa shape index (κ2) is 7.06. The van der Waals surface area contributed by atoms with Crippen molar-refractivity contribution in [2.45, 2.75) is 19.8 Å². The van der Waals surface area contributed by atoms with Crippen LogP contribution in [0.1, 0.15) is 30.3 Å². The minimum absolute atomic E-state index is 0.201. The second-order valence-electron chi connectivity index (χ2n) is 3.82. The van der Waals surface area contributed by atoms with Gasteiger partial charge in [-0.3, -0.25) is 9.59 Å². The smallest absolute Gasteiger partial charge is 0.305 e. The van der Waals surface area contributed by atoms with Crippen LogP contribution in [0.25, 0.3) is 0 Å². The van der Waals surface area contributed by atoms with Crippen molar-refractivity contribution in [3.05, 3.63) is 23.0 Å². The minimum Gasteiger partial charge on any atom is -0.466 e. The number of halogens is 1. The summed E-state index contributed by atoms with van der Waals surface area (Å²) in [5.41, 5.74) is 0.496. The molecule has 0 atom stereocenters. The quantitative estimate of drug-likeness (QED) is 0.634. The van der Waals surface area contributed by atoms with Gasteiger partial charge in [0.1, 0.15) is 5.69 Å². The van der Waals surface area contributed by atoms with E-state index < -0.39 is 0 Å². The largest absolute Gasteiger partial charge is 0.466 e. The van der Waals surface area contributed by atoms with Crippen LogP contribution in [0, 0.1) is 0 Å². The number of nitrogens with one attached hydrogen (secondary N) is 1. The monoisotopic (exact) mass is 272 g/mol. The number of hydrogen-bond acceptors (Lipinski definition) is 3. The van der Waals surface area contributed by atoms with Crippen molar-refractivity contribution < 1.29 is 14.3 Å². The number of carbonyl (C=O) groups is 2. The molecule has 0 aromatic carbocycles. The molecule has 0 aliphatic rings. The predicted molar refractivity (Wildman–Crippen MR) is 68.6 cm³/mol. The van der Waals surface area contributed by atoms with E-state index in [1.54, 1.807) is 30.8 Å². The van der Waals surface area contributed by atoms with Gasteiger partial charge in [-0.15, -0.1) is 0 Å². The zero-order valence-electron chi connectivity index (χ0n) is 10.5. The summed E-state index contributed by atoms with van der Waals surface area (Å²) in [7, 11) is 1.75. The van der Waals surface area contributed by atoms with Crippen LogP contribution < -0.4 is 5.32 Å². The van der Waals surface area contributed by atoms with Crippen LogP contribution >= 0.6 is 11.6 Å². The van der Waals surface area contributed by atoms with Crippen molar-refractivity contribution in [3.63, 3.8) is 0 Å². The fraction of sp³-hybridized carbons (Fsp3) is 0.500. The summed E-state index contributed by atoms with van der Waals surface area (Å²) in [5.74, 6) is -0.443. The van der Waals surface area contributed by atoms with Gasteiger partial charge in [0.25, 0.3) is 5.91 Å². The fourth-order valence-corrected chi connectivity index (χ4v) is 1.76. The maximum absolute atomic E-state index is 11.7. The molecule has 0 unspecified atom stereocenters. The summed E-state index contributed by atoms with van der Waals surface area (Å²) in [4.78, 5) is 22.8. The third-order valence-corrected chi connectivity index (χ3v) is 2.56. The van der Waals surface area contributed by atoms with Crippen molar-refractivity contribution in [1.29, 1.82) is 0 Å². The molecule has 1 aromatic rings. The Morgan fingerprint density at radius 1 is 1.50 bits per heavy atom. The normalized spacial score (nSPS) is 10.2. The Hall–Kier alpha value is -1.49. The Morgan fingerprint density at radius 2 is 2.22 bits per heavy atom. The molecular formula is C12H17ClN2O3. The maximum Gasteiger partial charge on any atom is 0.305 e. The third kappa shape index (κ3) is 4.41. The number of rotatable bonds is 6. The van der Waals surface area contributed by atoms with E-state index in [4.69, 9.17) is 16.3 Å². The average molecular weight is 273 g/mol. The molecule has 1 amide bonds. The van der Waals surface area contributed by atoms with Crippen molar-refractivity contribution in [1.82, 2.24) is 9.88 Å². The predicted octanol–water partition coefficient (Wildman–Crippen LogP) is 1.75. The third-order valence-electron chi connectivity index (χ3n) is 2.35. The lowest BCUT2D eigenvalue weighted by atomic mass is 10.3. The number of hydrogen-bond donors (Lipinski definition) is 1. The van der Waals surface area contributed by atoms with Crippen LogP contribution in [-0.2, 0) is 16.6 Å². The molecular weight excluding hydrogens is 256 g/mol. The van der Waals surface area contributed by atoms with Gasteiger partial charge < -0.3 is 14.6 Å². The Labute approximate surface area is 111 Å². The molecule has 0 saturated heterocycles. The number of aromatic nitrogens is 1. The van der Waals surface area contributed by atoms with Gasteiger partial charge >= 0.3 is 5.97 Å². The SMILES string of the molecule is CCOC(=O)CCCNC(=O)c1cc(Cl)cn1C. The number of ether oxygens (including phenoxy) is 1. The standard InChI is InChI=1S/C12H17ClN2O3/c1-3-18-11(16)5-4-6-14-12(17)10-7-9(13)8-15(10)2/h7-8H,3-6H2,1-2H3,(H,14,17). The van der Waals surface area contributed by atoms with Gasteiger partial charge in [-0.25, -0.2) is 0 Å². The van der Waals surface area contributed by atoms with E-state index >= 15 is 0 Å². The summed E-state index contributed by atoms with van der Waals surface area (Å²) in [6.45, 7) is 2.58. The highest BCUT2D eigenvalue weighted by Crippen LogP contribution is 2.12. The molecule has 18 heavy (non-hydrogen) atoms. The summed E-state index contributed by atoms with van der Waals surface area (Å²) >= 11 is 5.79. The van der Waals surface area contributed by atoms with Crippen LogP contribution in [0.5, 0.6) is 0 Å². The topological polar surface area (TPSA) is 60.3 Å². The molecule has 0 spiro atoms. The van der Waals surface area contributed by atoms with Crippen molar-refractivity contribution in [2.24, 2.45) is 7.05 Å². The molecule has 100 valence electrons. The zero-order chi connectivity index (χ0) is 13.5. The second-order valence-corrected chi connectivity index (χ2v) is 4.26. The van der Waals surface area contributed by atoms with Crippen molar-refractivity contribution >= 4 is 23.5 Å². The lowest BCUT2D eigenvalue weighted by molar-refractivity contribution is -0.143. The van der Waals surface area contributed by atoms with Gasteiger partial charge in [0.2, 0.25) is 0 Å². The maximum atomic E-state index is 11.7. The van der Waals surface area contributed by atoms with E-state index in [1.807, 2.05) is 0 Å². The van der Waals surface area contributed by atoms with Gasteiger partial charge in [-0.05, 0) is 19.4 Å². The molecule has 0 fully saturated rings. The molecule has 5 nitrogen and oxygen atoms in total. The molecule has 0 saturated carbocycles. The van der Waals surface area contributed by atoms with E-state index in [2.05, 4.69) is 5.32 Å². The first-order chi connectivity index (χ1) is 8.54. The van der Waals surface area contributed by atoms with Gasteiger partial charge in [0.15, 0.2) is 0 Å². The lowest BCUT2D eigenvalue weighted by Gasteiger charge is -2.05. The molecule has 6 heteroatoms. The van der Waals surface area contributed by atoms with E-state index in [0.717, 1.165) is 0 Å². The summed E-state index contributed by atoms with van der Waals surface area (Å²) in [6.07, 6.45) is 2.53. The van der Waals surface area contributed by atoms with E-state index in [9.17, 15) is 9.59 Å². The molecule has 0 aliphatic carbocycles. The van der Waals surface area contributed by atoms with Gasteiger partial charge in [0.05, 0.1) is 11.6 Å². The summed E-state index contributed by atoms with van der Waals surface area (Å²) in [5, 5.41) is 3.25. The van der Waals surface area contributed by atoms with Crippen LogP contribution in [0.3, 0.4) is 0 Å². The number of amides is 1. The van der Waals surface area contributed by atoms with E-state index in [0.29, 0.717) is 36.7 Å². The Balaban J connectivity index is 2.30. The molecule has 1 aromatic heterocycles. The minimum atomic E-state index is -0.242. The molecule has 0 radical (unpaired) electrons. The highest BCUT2D eigenvalue weighted by molar-refractivity contribution is 6.31. The van der Waals surface area contributed by atoms with Gasteiger partial charge in [-0.1, -0.05) is 11.6 Å². The Kier molecular flexibility index (Phi) is 5.71. The fourth-order valence-electron chi connectivity index (χ4n) is 1.51. The van der Waals surface area contributed by atoms with Crippen molar-refractivity contribution in [2.75, 3.05) is 13.2 Å². The molecule has 0 bridgehead atoms. The van der Waals surface area contributed by atoms with E-state index in [-0.39, 0.29) is 11.9 Å². The summed E-state index contributed by atoms with van der Waals surface area (Å²) in [6, 6.07) is 1.60. The lowest BCUT2D eigenvalue weighted by Crippen LogP contribution is -2.26. The van der Waals surface area contributed by atoms with Gasteiger partial charge in [0, 0.05) is 26.2 Å². The number of esters is 1. The first-order valence-corrected chi connectivity index (χ1v) is 6.18. The van der Waals surface area contributed by atoms with Crippen LogP contribution in [0.2, 0.25) is 5.02 Å². The number of nitrogens with zero attached hydrogens (tertiary/aromatic N) is 1. The zero-order valence-corrected chi connectivity index (χ0v) is 11.3. The average Bonchev–Trinajstić information content (AvgIpc) is 2.64. The van der Waals surface area contributed by atoms with Crippen molar-refractivity contribution in [3.8, 4) is 0 Å². The van der Waals surface area contributed by atoms with Crippen LogP contribution in [0.15, 0.2) is 12.3 Å². The number of carbonyl (C=O) groups excluding carboxylic acids is 2. The first-order valence-electron chi connectivity index (χ1n) is 5.80. The molecule has 1 N–H and O–H groups in total. The van der Waals surface area contributed by atoms with E-state index in [1.165, 1.54) is 0 Å². The molecule has 1 heterocycles. The van der Waals surface area contributed by atoms with Crippen LogP contribution in [0.4, 0.5) is 0 Å². The Morgan fingerprint density at radius 3 is 2.78 bits per heavy atom. The summed E-state index contributed by atoms with van der Waals surface area (Å²) < 4.78 is 6.44. The molecule has 0 aliphatic heterocycles. The highest BCUT2D eigenvalue weighted by Gasteiger charge is 2.10. The number of aryl methyl sites for hydroxylation is 1. The van der Waals surface area contributed by atoms with Gasteiger partial charge in [-0.2, -0.15) is 0 Å². The highest BCUT2D eigenvalue weighted by atomic mass is 35.5. The molecule has 1 rings (SSSR count). The Bertz CT molecular complexity index is 429. The van der Waals surface area contributed by atoms with Crippen LogP contribution in [-0.4, -0.2) is 29.6 Å². The first kappa shape index (κ1) is 14.6.